The van der Waals surface area contributed by atoms with Gasteiger partial charge in [0.25, 0.3) is 0 Å². The molecule has 0 unspecified atom stereocenters. The van der Waals surface area contributed by atoms with Crippen molar-refractivity contribution in [3.63, 3.8) is 0 Å². The molecule has 0 saturated carbocycles. The standard InChI is InChI=1S/C7H10N2/c1-2-7-4-3-6(8)5-9-7/h3-5H,2,8H2,1H3/i1D3,2D2. The lowest BCUT2D eigenvalue weighted by molar-refractivity contribution is 1.04. The van der Waals surface area contributed by atoms with Gasteiger partial charge >= 0.3 is 0 Å². The predicted octanol–water partition coefficient (Wildman–Crippen LogP) is 1.23. The Kier molecular flexibility index (Phi) is 0.632. The topological polar surface area (TPSA) is 38.9 Å². The molecule has 1 aromatic rings. The van der Waals surface area contributed by atoms with Crippen molar-refractivity contribution < 1.29 is 6.85 Å². The SMILES string of the molecule is [2H]C([2H])([2H])C([2H])([2H])c1ccc(N)cn1. The first-order valence-corrected chi connectivity index (χ1v) is 2.47. The lowest BCUT2D eigenvalue weighted by Crippen LogP contribution is -1.89. The van der Waals surface area contributed by atoms with E-state index in [9.17, 15) is 0 Å². The van der Waals surface area contributed by atoms with Crippen LogP contribution in [0.25, 0.3) is 0 Å². The molecule has 1 rings (SSSR count). The molecule has 0 bridgehead atoms. The van der Waals surface area contributed by atoms with Crippen LogP contribution in [0.15, 0.2) is 18.3 Å². The van der Waals surface area contributed by atoms with Crippen LogP contribution in [0, 0.1) is 0 Å². The van der Waals surface area contributed by atoms with Gasteiger partial charge in [-0.2, -0.15) is 0 Å². The minimum atomic E-state index is -2.73. The molecule has 1 aromatic heterocycles. The Balaban J connectivity index is 3.10. The van der Waals surface area contributed by atoms with Crippen molar-refractivity contribution in [2.45, 2.75) is 13.2 Å². The summed E-state index contributed by atoms with van der Waals surface area (Å²) in [4.78, 5) is 3.66. The molecule has 48 valence electrons. The molecule has 2 heteroatoms. The lowest BCUT2D eigenvalue weighted by atomic mass is 10.3. The van der Waals surface area contributed by atoms with Crippen molar-refractivity contribution in [1.82, 2.24) is 4.98 Å². The predicted molar refractivity (Wildman–Crippen MR) is 38.0 cm³/mol. The van der Waals surface area contributed by atoms with Crippen molar-refractivity contribution in [3.8, 4) is 0 Å². The number of nitrogens with two attached hydrogens (primary N) is 1. The summed E-state index contributed by atoms with van der Waals surface area (Å²) in [6.07, 6.45) is -1.21. The minimum absolute atomic E-state index is 0.133. The largest absolute Gasteiger partial charge is 0.397 e. The van der Waals surface area contributed by atoms with E-state index in [4.69, 9.17) is 12.6 Å². The fourth-order valence-corrected chi connectivity index (χ4v) is 0.479. The van der Waals surface area contributed by atoms with Crippen LogP contribution in [0.4, 0.5) is 5.69 Å². The molecule has 9 heavy (non-hydrogen) atoms. The van der Waals surface area contributed by atoms with Crippen LogP contribution in [-0.2, 0) is 6.37 Å². The van der Waals surface area contributed by atoms with E-state index in [0.29, 0.717) is 5.69 Å². The Labute approximate surface area is 61.7 Å². The molecule has 0 fully saturated rings. The van der Waals surface area contributed by atoms with Gasteiger partial charge in [-0.3, -0.25) is 4.98 Å². The van der Waals surface area contributed by atoms with E-state index in [-0.39, 0.29) is 5.69 Å². The van der Waals surface area contributed by atoms with Gasteiger partial charge in [-0.1, -0.05) is 6.85 Å². The first-order chi connectivity index (χ1) is 6.25. The summed E-state index contributed by atoms with van der Waals surface area (Å²) >= 11 is 0. The van der Waals surface area contributed by atoms with E-state index < -0.39 is 13.2 Å². The van der Waals surface area contributed by atoms with Crippen LogP contribution in [0.3, 0.4) is 0 Å². The van der Waals surface area contributed by atoms with E-state index in [0.717, 1.165) is 0 Å². The van der Waals surface area contributed by atoms with Crippen molar-refractivity contribution in [2.75, 3.05) is 5.73 Å². The maximum atomic E-state index is 7.39. The molecule has 1 heterocycles. The number of aryl methyl sites for hydroxylation is 1. The molecule has 2 nitrogen and oxygen atoms in total. The molecular weight excluding hydrogens is 112 g/mol. The highest BCUT2D eigenvalue weighted by molar-refractivity contribution is 5.34. The fourth-order valence-electron chi connectivity index (χ4n) is 0.479. The van der Waals surface area contributed by atoms with E-state index in [1.54, 1.807) is 0 Å². The monoisotopic (exact) mass is 127 g/mol. The fraction of sp³-hybridized carbons (Fsp3) is 0.286. The molecule has 0 aliphatic rings. The van der Waals surface area contributed by atoms with Gasteiger partial charge in [-0.25, -0.2) is 0 Å². The van der Waals surface area contributed by atoms with Crippen LogP contribution in [0.5, 0.6) is 0 Å². The molecule has 0 spiro atoms. The average Bonchev–Trinajstić information content (AvgIpc) is 2.03. The van der Waals surface area contributed by atoms with Crippen LogP contribution >= 0.6 is 0 Å². The van der Waals surface area contributed by atoms with Crippen molar-refractivity contribution in [1.29, 1.82) is 0 Å². The lowest BCUT2D eigenvalue weighted by Gasteiger charge is -1.93. The third kappa shape index (κ3) is 1.42. The average molecular weight is 127 g/mol. The van der Waals surface area contributed by atoms with E-state index in [1.807, 2.05) is 0 Å². The summed E-state index contributed by atoms with van der Waals surface area (Å²) in [5.74, 6) is 0. The Hall–Kier alpha value is -1.05. The van der Waals surface area contributed by atoms with Crippen LogP contribution in [0.2, 0.25) is 0 Å². The quantitative estimate of drug-likeness (QED) is 0.616. The van der Waals surface area contributed by atoms with Gasteiger partial charge in [0.2, 0.25) is 0 Å². The van der Waals surface area contributed by atoms with Gasteiger partial charge in [0.1, 0.15) is 0 Å². The van der Waals surface area contributed by atoms with Gasteiger partial charge < -0.3 is 5.73 Å². The van der Waals surface area contributed by atoms with Crippen LogP contribution in [-0.4, -0.2) is 4.98 Å². The zero-order chi connectivity index (χ0) is 11.0. The summed E-state index contributed by atoms with van der Waals surface area (Å²) in [5, 5.41) is 0. The number of nitrogens with zero attached hydrogens (tertiary/aromatic N) is 1. The number of aromatic nitrogens is 1. The highest BCUT2D eigenvalue weighted by Gasteiger charge is 1.86. The molecule has 0 radical (unpaired) electrons. The van der Waals surface area contributed by atoms with Gasteiger partial charge in [-0.15, -0.1) is 0 Å². The number of hydrogen-bond acceptors (Lipinski definition) is 2. The first kappa shape index (κ1) is 2.29. The zero-order valence-corrected chi connectivity index (χ0v) is 4.76. The van der Waals surface area contributed by atoms with Crippen LogP contribution in [0.1, 0.15) is 19.4 Å². The third-order valence-electron chi connectivity index (χ3n) is 0.914. The molecule has 0 aliphatic heterocycles. The number of rotatable bonds is 1. The maximum Gasteiger partial charge on any atom is 0.0501 e. The number of anilines is 1. The van der Waals surface area contributed by atoms with E-state index in [2.05, 4.69) is 4.98 Å². The number of hydrogen-bond donors (Lipinski definition) is 1. The molecule has 2 N–H and O–H groups in total. The summed E-state index contributed by atoms with van der Waals surface area (Å²) < 4.78 is 35.8. The summed E-state index contributed by atoms with van der Waals surface area (Å²) in [6, 6.07) is 2.70. The minimum Gasteiger partial charge on any atom is -0.397 e. The third-order valence-corrected chi connectivity index (χ3v) is 0.914. The summed E-state index contributed by atoms with van der Waals surface area (Å²) in [5.41, 5.74) is 5.59. The van der Waals surface area contributed by atoms with Gasteiger partial charge in [0.05, 0.1) is 11.9 Å². The van der Waals surface area contributed by atoms with Gasteiger partial charge in [0, 0.05) is 12.5 Å². The molecule has 0 atom stereocenters. The Morgan fingerprint density at radius 3 is 3.33 bits per heavy atom. The molecule has 0 aromatic carbocycles. The van der Waals surface area contributed by atoms with Gasteiger partial charge in [0.15, 0.2) is 0 Å². The molecular formula is C7H10N2. The van der Waals surface area contributed by atoms with E-state index in [1.165, 1.54) is 18.3 Å². The highest BCUT2D eigenvalue weighted by Crippen LogP contribution is 2.00. The van der Waals surface area contributed by atoms with Crippen molar-refractivity contribution in [2.24, 2.45) is 0 Å². The Bertz CT molecular complexity index is 316. The first-order valence-electron chi connectivity index (χ1n) is 4.97. The number of nitrogen functional groups attached to an aromatic ring is 1. The normalized spacial score (nSPS) is 20.7. The zero-order valence-electron chi connectivity index (χ0n) is 9.76. The smallest absolute Gasteiger partial charge is 0.0501 e. The molecule has 0 aliphatic carbocycles. The van der Waals surface area contributed by atoms with Crippen molar-refractivity contribution in [3.05, 3.63) is 24.0 Å². The summed E-state index contributed by atoms with van der Waals surface area (Å²) in [6.45, 7) is -2.73. The number of pyridine rings is 1. The van der Waals surface area contributed by atoms with Gasteiger partial charge in [-0.05, 0) is 18.5 Å². The Morgan fingerprint density at radius 1 is 1.89 bits per heavy atom. The molecule has 0 amide bonds. The second kappa shape index (κ2) is 2.49. The van der Waals surface area contributed by atoms with Crippen LogP contribution < -0.4 is 5.73 Å². The van der Waals surface area contributed by atoms with E-state index >= 15 is 0 Å². The summed E-state index contributed by atoms with van der Waals surface area (Å²) in [7, 11) is 0. The second-order valence-corrected chi connectivity index (χ2v) is 1.60. The van der Waals surface area contributed by atoms with Crippen molar-refractivity contribution >= 4 is 5.69 Å². The maximum absolute atomic E-state index is 7.39. The Morgan fingerprint density at radius 2 is 2.78 bits per heavy atom. The highest BCUT2D eigenvalue weighted by atomic mass is 14.7. The second-order valence-electron chi connectivity index (χ2n) is 1.60. The molecule has 0 saturated heterocycles.